The fourth-order valence-electron chi connectivity index (χ4n) is 1.07. The Labute approximate surface area is 87.1 Å². The van der Waals surface area contributed by atoms with Gasteiger partial charge in [0.1, 0.15) is 0 Å². The molecule has 0 N–H and O–H groups in total. The Kier molecular flexibility index (Phi) is 3.60. The van der Waals surface area contributed by atoms with Crippen molar-refractivity contribution in [2.24, 2.45) is 0 Å². The third-order valence-corrected chi connectivity index (χ3v) is 3.52. The first kappa shape index (κ1) is 10.1. The van der Waals surface area contributed by atoms with Crippen molar-refractivity contribution in [2.75, 3.05) is 5.33 Å². The molecule has 2 heteroatoms. The average molecular weight is 248 g/mol. The zero-order valence-corrected chi connectivity index (χ0v) is 9.40. The minimum atomic E-state index is -0.165. The summed E-state index contributed by atoms with van der Waals surface area (Å²) in [6, 6.07) is 10.3. The van der Waals surface area contributed by atoms with E-state index in [0.29, 0.717) is 0 Å². The summed E-state index contributed by atoms with van der Waals surface area (Å²) in [5.41, 5.74) is 1.29. The molecule has 1 rings (SSSR count). The largest absolute Gasteiger partial charge is 0.118 e. The van der Waals surface area contributed by atoms with Crippen LogP contribution in [0.5, 0.6) is 0 Å². The molecular formula is C10H12BrCl. The Hall–Kier alpha value is -0.0100. The first-order valence-corrected chi connectivity index (χ1v) is 5.43. The smallest absolute Gasteiger partial charge is 0.0555 e. The molecule has 12 heavy (non-hydrogen) atoms. The molecule has 0 aliphatic carbocycles. The lowest BCUT2D eigenvalue weighted by atomic mass is 10.0. The van der Waals surface area contributed by atoms with Crippen molar-refractivity contribution in [2.45, 2.75) is 18.2 Å². The van der Waals surface area contributed by atoms with Crippen LogP contribution in [-0.4, -0.2) is 10.2 Å². The van der Waals surface area contributed by atoms with E-state index in [0.717, 1.165) is 11.8 Å². The van der Waals surface area contributed by atoms with Gasteiger partial charge < -0.3 is 0 Å². The van der Waals surface area contributed by atoms with Crippen molar-refractivity contribution in [3.63, 3.8) is 0 Å². The maximum absolute atomic E-state index is 6.21. The van der Waals surface area contributed by atoms with E-state index >= 15 is 0 Å². The van der Waals surface area contributed by atoms with E-state index in [9.17, 15) is 0 Å². The van der Waals surface area contributed by atoms with Gasteiger partial charge in [-0.3, -0.25) is 0 Å². The van der Waals surface area contributed by atoms with Crippen LogP contribution in [0.1, 0.15) is 12.5 Å². The van der Waals surface area contributed by atoms with E-state index in [-0.39, 0.29) is 4.87 Å². The summed E-state index contributed by atoms with van der Waals surface area (Å²) in [6.07, 6.45) is 0.903. The zero-order chi connectivity index (χ0) is 9.03. The molecule has 0 aliphatic heterocycles. The molecule has 1 aromatic carbocycles. The predicted molar refractivity (Wildman–Crippen MR) is 58.2 cm³/mol. The number of rotatable bonds is 3. The maximum atomic E-state index is 6.21. The molecule has 66 valence electrons. The highest BCUT2D eigenvalue weighted by atomic mass is 79.9. The summed E-state index contributed by atoms with van der Waals surface area (Å²) in [7, 11) is 0. The van der Waals surface area contributed by atoms with Gasteiger partial charge in [0.05, 0.1) is 4.87 Å². The monoisotopic (exact) mass is 246 g/mol. The summed E-state index contributed by atoms with van der Waals surface area (Å²) >= 11 is 9.60. The van der Waals surface area contributed by atoms with Crippen LogP contribution in [0.15, 0.2) is 30.3 Å². The Morgan fingerprint density at radius 3 is 2.42 bits per heavy atom. The second-order valence-electron chi connectivity index (χ2n) is 3.21. The van der Waals surface area contributed by atoms with Crippen molar-refractivity contribution in [1.82, 2.24) is 0 Å². The van der Waals surface area contributed by atoms with Crippen LogP contribution in [0.2, 0.25) is 0 Å². The molecule has 0 bridgehead atoms. The molecule has 1 unspecified atom stereocenters. The lowest BCUT2D eigenvalue weighted by Crippen LogP contribution is -2.21. The Bertz CT molecular complexity index is 231. The lowest BCUT2D eigenvalue weighted by molar-refractivity contribution is 0.710. The van der Waals surface area contributed by atoms with Gasteiger partial charge in [0.15, 0.2) is 0 Å². The Morgan fingerprint density at radius 2 is 1.92 bits per heavy atom. The molecule has 0 amide bonds. The number of hydrogen-bond donors (Lipinski definition) is 0. The van der Waals surface area contributed by atoms with Crippen LogP contribution in [0.4, 0.5) is 0 Å². The molecule has 0 heterocycles. The first-order chi connectivity index (χ1) is 5.64. The van der Waals surface area contributed by atoms with Crippen LogP contribution in [0.25, 0.3) is 0 Å². The van der Waals surface area contributed by atoms with Crippen molar-refractivity contribution in [3.8, 4) is 0 Å². The van der Waals surface area contributed by atoms with E-state index in [1.165, 1.54) is 5.56 Å². The fourth-order valence-corrected chi connectivity index (χ4v) is 1.42. The highest BCUT2D eigenvalue weighted by molar-refractivity contribution is 9.09. The van der Waals surface area contributed by atoms with Gasteiger partial charge in [0.25, 0.3) is 0 Å². The topological polar surface area (TPSA) is 0 Å². The molecule has 0 aliphatic rings. The Morgan fingerprint density at radius 1 is 1.33 bits per heavy atom. The second-order valence-corrected chi connectivity index (χ2v) is 4.68. The van der Waals surface area contributed by atoms with Crippen LogP contribution >= 0.6 is 27.5 Å². The fraction of sp³-hybridized carbons (Fsp3) is 0.400. The van der Waals surface area contributed by atoms with E-state index in [1.54, 1.807) is 0 Å². The van der Waals surface area contributed by atoms with E-state index in [1.807, 2.05) is 25.1 Å². The van der Waals surface area contributed by atoms with Crippen molar-refractivity contribution < 1.29 is 0 Å². The number of alkyl halides is 2. The van der Waals surface area contributed by atoms with Crippen molar-refractivity contribution in [1.29, 1.82) is 0 Å². The van der Waals surface area contributed by atoms with Gasteiger partial charge in [-0.15, -0.1) is 11.6 Å². The molecule has 0 nitrogen and oxygen atoms in total. The third kappa shape index (κ3) is 3.16. The standard InChI is InChI=1S/C10H12BrCl/c1-10(12,8-11)7-9-5-3-2-4-6-9/h2-6H,7-8H2,1H3. The van der Waals surface area contributed by atoms with Crippen molar-refractivity contribution in [3.05, 3.63) is 35.9 Å². The van der Waals surface area contributed by atoms with E-state index in [4.69, 9.17) is 11.6 Å². The van der Waals surface area contributed by atoms with E-state index < -0.39 is 0 Å². The molecular weight excluding hydrogens is 235 g/mol. The summed E-state index contributed by atoms with van der Waals surface area (Å²) < 4.78 is 0. The average Bonchev–Trinajstić information content (AvgIpc) is 2.06. The van der Waals surface area contributed by atoms with Gasteiger partial charge in [0.2, 0.25) is 0 Å². The van der Waals surface area contributed by atoms with Crippen molar-refractivity contribution >= 4 is 27.5 Å². The number of halogens is 2. The van der Waals surface area contributed by atoms with Crippen LogP contribution < -0.4 is 0 Å². The lowest BCUT2D eigenvalue weighted by Gasteiger charge is -2.18. The second kappa shape index (κ2) is 4.29. The summed E-state index contributed by atoms with van der Waals surface area (Å²) in [5.74, 6) is 0. The highest BCUT2D eigenvalue weighted by Crippen LogP contribution is 2.22. The highest BCUT2D eigenvalue weighted by Gasteiger charge is 2.18. The van der Waals surface area contributed by atoms with Crippen LogP contribution in [0.3, 0.4) is 0 Å². The third-order valence-electron chi connectivity index (χ3n) is 1.69. The van der Waals surface area contributed by atoms with Gasteiger partial charge in [-0.1, -0.05) is 46.3 Å². The molecule has 0 saturated heterocycles. The summed E-state index contributed by atoms with van der Waals surface area (Å²) in [5, 5.41) is 0.816. The van der Waals surface area contributed by atoms with Gasteiger partial charge >= 0.3 is 0 Å². The molecule has 1 aromatic rings. The molecule has 0 saturated carbocycles. The molecule has 0 aromatic heterocycles. The minimum absolute atomic E-state index is 0.165. The maximum Gasteiger partial charge on any atom is 0.0555 e. The van der Waals surface area contributed by atoms with Crippen LogP contribution in [-0.2, 0) is 6.42 Å². The van der Waals surface area contributed by atoms with Gasteiger partial charge in [-0.2, -0.15) is 0 Å². The molecule has 0 fully saturated rings. The number of hydrogen-bond acceptors (Lipinski definition) is 0. The molecule has 0 spiro atoms. The summed E-state index contributed by atoms with van der Waals surface area (Å²) in [6.45, 7) is 2.04. The molecule has 1 atom stereocenters. The molecule has 0 radical (unpaired) electrons. The number of benzene rings is 1. The van der Waals surface area contributed by atoms with Gasteiger partial charge in [0, 0.05) is 5.33 Å². The van der Waals surface area contributed by atoms with Crippen LogP contribution in [0, 0.1) is 0 Å². The predicted octanol–water partition coefficient (Wildman–Crippen LogP) is 3.62. The quantitative estimate of drug-likeness (QED) is 0.716. The first-order valence-electron chi connectivity index (χ1n) is 3.93. The SMILES string of the molecule is CC(Cl)(CBr)Cc1ccccc1. The Balaban J connectivity index is 2.64. The zero-order valence-electron chi connectivity index (χ0n) is 7.06. The normalized spacial score (nSPS) is 15.6. The van der Waals surface area contributed by atoms with Gasteiger partial charge in [-0.25, -0.2) is 0 Å². The van der Waals surface area contributed by atoms with Gasteiger partial charge in [-0.05, 0) is 18.9 Å². The summed E-state index contributed by atoms with van der Waals surface area (Å²) in [4.78, 5) is -0.165. The van der Waals surface area contributed by atoms with E-state index in [2.05, 4.69) is 28.1 Å². The minimum Gasteiger partial charge on any atom is -0.118 e.